The van der Waals surface area contributed by atoms with Gasteiger partial charge in [0.25, 0.3) is 0 Å². The van der Waals surface area contributed by atoms with Gasteiger partial charge in [0, 0.05) is 18.6 Å². The molecule has 1 saturated heterocycles. The summed E-state index contributed by atoms with van der Waals surface area (Å²) in [7, 11) is 0. The van der Waals surface area contributed by atoms with Crippen molar-refractivity contribution in [1.29, 1.82) is 0 Å². The summed E-state index contributed by atoms with van der Waals surface area (Å²) in [5.41, 5.74) is 1.45. The second-order valence-electron chi connectivity index (χ2n) is 6.79. The molecule has 1 heterocycles. The molecule has 3 rings (SSSR count). The van der Waals surface area contributed by atoms with Crippen molar-refractivity contribution >= 4 is 11.9 Å². The van der Waals surface area contributed by atoms with Gasteiger partial charge < -0.3 is 15.5 Å². The summed E-state index contributed by atoms with van der Waals surface area (Å²) in [6.45, 7) is 3.62. The molecule has 3 N–H and O–H groups in total. The standard InChI is InChI=1S/C17H26N2.C2H2O4/c1-2-6-15(7-3-1)14-19-12-10-17(11-13-19)18-16-8-4-5-9-16;3-1(4)2(5)6/h1-3,6-7,16-18H,4-5,8-14H2;(H,3,4)(H,5,6). The molecule has 1 aliphatic heterocycles. The Balaban J connectivity index is 0.000000326. The summed E-state index contributed by atoms with van der Waals surface area (Å²) >= 11 is 0. The van der Waals surface area contributed by atoms with Crippen molar-refractivity contribution in [3.05, 3.63) is 35.9 Å². The second-order valence-corrected chi connectivity index (χ2v) is 6.79. The van der Waals surface area contributed by atoms with Crippen molar-refractivity contribution in [2.45, 2.75) is 57.2 Å². The molecular formula is C19H28N2O4. The van der Waals surface area contributed by atoms with Crippen LogP contribution in [0.4, 0.5) is 0 Å². The molecule has 0 unspecified atom stereocenters. The fourth-order valence-electron chi connectivity index (χ4n) is 3.53. The maximum atomic E-state index is 9.10. The lowest BCUT2D eigenvalue weighted by atomic mass is 10.0. The third-order valence-electron chi connectivity index (χ3n) is 4.85. The van der Waals surface area contributed by atoms with Crippen molar-refractivity contribution in [2.24, 2.45) is 0 Å². The Kier molecular flexibility index (Phi) is 7.88. The van der Waals surface area contributed by atoms with Gasteiger partial charge in [-0.3, -0.25) is 4.90 Å². The van der Waals surface area contributed by atoms with Gasteiger partial charge in [0.1, 0.15) is 0 Å². The van der Waals surface area contributed by atoms with E-state index in [-0.39, 0.29) is 0 Å². The smallest absolute Gasteiger partial charge is 0.414 e. The third kappa shape index (κ3) is 7.23. The zero-order valence-corrected chi connectivity index (χ0v) is 14.6. The fourth-order valence-corrected chi connectivity index (χ4v) is 3.53. The highest BCUT2D eigenvalue weighted by molar-refractivity contribution is 6.27. The number of benzene rings is 1. The SMILES string of the molecule is O=C(O)C(=O)O.c1ccc(CN2CCC(NC3CCCC3)CC2)cc1. The molecule has 1 aliphatic carbocycles. The first-order valence-electron chi connectivity index (χ1n) is 9.03. The summed E-state index contributed by atoms with van der Waals surface area (Å²) in [6, 6.07) is 12.5. The molecule has 0 spiro atoms. The van der Waals surface area contributed by atoms with Gasteiger partial charge in [-0.05, 0) is 44.3 Å². The summed E-state index contributed by atoms with van der Waals surface area (Å²) in [6.07, 6.45) is 8.33. The number of nitrogens with zero attached hydrogens (tertiary/aromatic N) is 1. The third-order valence-corrected chi connectivity index (χ3v) is 4.85. The Bertz CT molecular complexity index is 524. The molecule has 0 bridgehead atoms. The first-order chi connectivity index (χ1) is 12.0. The summed E-state index contributed by atoms with van der Waals surface area (Å²) in [5.74, 6) is -3.65. The molecule has 2 fully saturated rings. The second kappa shape index (κ2) is 10.2. The van der Waals surface area contributed by atoms with Crippen LogP contribution in [-0.4, -0.2) is 52.2 Å². The highest BCUT2D eigenvalue weighted by atomic mass is 16.4. The molecule has 6 heteroatoms. The fraction of sp³-hybridized carbons (Fsp3) is 0.579. The molecule has 138 valence electrons. The lowest BCUT2D eigenvalue weighted by Crippen LogP contribution is -2.45. The van der Waals surface area contributed by atoms with Crippen LogP contribution in [0.3, 0.4) is 0 Å². The van der Waals surface area contributed by atoms with Gasteiger partial charge in [-0.25, -0.2) is 9.59 Å². The average Bonchev–Trinajstić information content (AvgIpc) is 3.11. The number of hydrogen-bond donors (Lipinski definition) is 3. The number of hydrogen-bond acceptors (Lipinski definition) is 4. The highest BCUT2D eigenvalue weighted by Gasteiger charge is 2.23. The van der Waals surface area contributed by atoms with Crippen LogP contribution < -0.4 is 5.32 Å². The largest absolute Gasteiger partial charge is 0.473 e. The van der Waals surface area contributed by atoms with E-state index in [9.17, 15) is 0 Å². The van der Waals surface area contributed by atoms with E-state index in [0.29, 0.717) is 0 Å². The predicted octanol–water partition coefficient (Wildman–Crippen LogP) is 2.34. The number of aliphatic carboxylic acids is 2. The van der Waals surface area contributed by atoms with E-state index in [1.54, 1.807) is 0 Å². The van der Waals surface area contributed by atoms with Crippen LogP contribution in [0.15, 0.2) is 30.3 Å². The number of carbonyl (C=O) groups is 2. The minimum atomic E-state index is -1.82. The molecule has 1 aromatic rings. The number of carboxylic acid groups (broad SMARTS) is 2. The molecule has 2 aliphatic rings. The molecule has 0 amide bonds. The molecule has 1 aromatic carbocycles. The van der Waals surface area contributed by atoms with Crippen molar-refractivity contribution in [1.82, 2.24) is 10.2 Å². The van der Waals surface area contributed by atoms with Crippen molar-refractivity contribution < 1.29 is 19.8 Å². The van der Waals surface area contributed by atoms with Crippen molar-refractivity contribution in [3.8, 4) is 0 Å². The maximum Gasteiger partial charge on any atom is 0.414 e. The normalized spacial score (nSPS) is 19.2. The molecule has 0 aromatic heterocycles. The van der Waals surface area contributed by atoms with Crippen LogP contribution in [-0.2, 0) is 16.1 Å². The Labute approximate surface area is 148 Å². The summed E-state index contributed by atoms with van der Waals surface area (Å²) < 4.78 is 0. The van der Waals surface area contributed by atoms with Gasteiger partial charge in [0.05, 0.1) is 0 Å². The monoisotopic (exact) mass is 348 g/mol. The van der Waals surface area contributed by atoms with E-state index >= 15 is 0 Å². The first kappa shape index (κ1) is 19.4. The van der Waals surface area contributed by atoms with Gasteiger partial charge in [0.15, 0.2) is 0 Å². The molecule has 0 radical (unpaired) electrons. The van der Waals surface area contributed by atoms with Crippen molar-refractivity contribution in [3.63, 3.8) is 0 Å². The Morgan fingerprint density at radius 1 is 0.920 bits per heavy atom. The van der Waals surface area contributed by atoms with E-state index in [2.05, 4.69) is 40.5 Å². The topological polar surface area (TPSA) is 89.9 Å². The number of nitrogens with one attached hydrogen (secondary N) is 1. The van der Waals surface area contributed by atoms with Crippen LogP contribution in [0, 0.1) is 0 Å². The summed E-state index contributed by atoms with van der Waals surface area (Å²) in [5, 5.41) is 18.7. The van der Waals surface area contributed by atoms with E-state index in [1.165, 1.54) is 57.2 Å². The lowest BCUT2D eigenvalue weighted by Gasteiger charge is -2.34. The zero-order valence-electron chi connectivity index (χ0n) is 14.6. The van der Waals surface area contributed by atoms with Crippen LogP contribution >= 0.6 is 0 Å². The minimum Gasteiger partial charge on any atom is -0.473 e. The number of carboxylic acids is 2. The average molecular weight is 348 g/mol. The molecule has 6 nitrogen and oxygen atoms in total. The molecule has 25 heavy (non-hydrogen) atoms. The first-order valence-corrected chi connectivity index (χ1v) is 9.03. The highest BCUT2D eigenvalue weighted by Crippen LogP contribution is 2.21. The number of likely N-dealkylation sites (tertiary alicyclic amines) is 1. The Morgan fingerprint density at radius 2 is 1.44 bits per heavy atom. The van der Waals surface area contributed by atoms with Crippen LogP contribution in [0.1, 0.15) is 44.1 Å². The van der Waals surface area contributed by atoms with Gasteiger partial charge in [-0.2, -0.15) is 0 Å². The van der Waals surface area contributed by atoms with E-state index < -0.39 is 11.9 Å². The molecule has 0 atom stereocenters. The predicted molar refractivity (Wildman–Crippen MR) is 95.4 cm³/mol. The number of rotatable bonds is 4. The summed E-state index contributed by atoms with van der Waals surface area (Å²) in [4.78, 5) is 20.8. The van der Waals surface area contributed by atoms with Gasteiger partial charge in [0.2, 0.25) is 0 Å². The van der Waals surface area contributed by atoms with Crippen LogP contribution in [0.25, 0.3) is 0 Å². The van der Waals surface area contributed by atoms with Crippen molar-refractivity contribution in [2.75, 3.05) is 13.1 Å². The van der Waals surface area contributed by atoms with E-state index in [0.717, 1.165) is 18.6 Å². The molecule has 1 saturated carbocycles. The van der Waals surface area contributed by atoms with Crippen LogP contribution in [0.2, 0.25) is 0 Å². The maximum absolute atomic E-state index is 9.10. The van der Waals surface area contributed by atoms with Gasteiger partial charge in [-0.1, -0.05) is 43.2 Å². The lowest BCUT2D eigenvalue weighted by molar-refractivity contribution is -0.159. The number of piperidine rings is 1. The van der Waals surface area contributed by atoms with E-state index in [1.807, 2.05) is 0 Å². The molecular weight excluding hydrogens is 320 g/mol. The minimum absolute atomic E-state index is 0.773. The van der Waals surface area contributed by atoms with Gasteiger partial charge >= 0.3 is 11.9 Å². The van der Waals surface area contributed by atoms with E-state index in [4.69, 9.17) is 19.8 Å². The van der Waals surface area contributed by atoms with Crippen LogP contribution in [0.5, 0.6) is 0 Å². The quantitative estimate of drug-likeness (QED) is 0.724. The zero-order chi connectivity index (χ0) is 18.1. The Morgan fingerprint density at radius 3 is 1.96 bits per heavy atom. The van der Waals surface area contributed by atoms with Gasteiger partial charge in [-0.15, -0.1) is 0 Å². The Hall–Kier alpha value is -1.92.